The minimum atomic E-state index is -0.437. The molecule has 0 saturated carbocycles. The zero-order chi connectivity index (χ0) is 13.1. The van der Waals surface area contributed by atoms with Crippen LogP contribution in [0.5, 0.6) is 0 Å². The van der Waals surface area contributed by atoms with Crippen LogP contribution in [0.15, 0.2) is 15.7 Å². The van der Waals surface area contributed by atoms with Crippen molar-refractivity contribution in [2.24, 2.45) is 5.92 Å². The van der Waals surface area contributed by atoms with Crippen molar-refractivity contribution in [1.29, 1.82) is 0 Å². The molecule has 0 atom stereocenters. The number of nitrogens with two attached hydrogens (primary N) is 1. The summed E-state index contributed by atoms with van der Waals surface area (Å²) in [7, 11) is 2.13. The van der Waals surface area contributed by atoms with Crippen molar-refractivity contribution in [1.82, 2.24) is 14.5 Å². The largest absolute Gasteiger partial charge is 0.385 e. The Morgan fingerprint density at radius 3 is 2.67 bits per heavy atom. The van der Waals surface area contributed by atoms with Gasteiger partial charge in [-0.2, -0.15) is 0 Å². The topological polar surface area (TPSA) is 84.1 Å². The quantitative estimate of drug-likeness (QED) is 0.783. The second-order valence-corrected chi connectivity index (χ2v) is 5.05. The number of hydrogen-bond donors (Lipinski definition) is 2. The molecule has 1 aromatic heterocycles. The van der Waals surface area contributed by atoms with Crippen LogP contribution >= 0.6 is 0 Å². The molecule has 1 aromatic rings. The molecule has 6 nitrogen and oxygen atoms in total. The Morgan fingerprint density at radius 1 is 1.39 bits per heavy atom. The highest BCUT2D eigenvalue weighted by Gasteiger charge is 2.16. The lowest BCUT2D eigenvalue weighted by molar-refractivity contribution is 0.207. The van der Waals surface area contributed by atoms with Crippen LogP contribution in [0.25, 0.3) is 0 Å². The highest BCUT2D eigenvalue weighted by atomic mass is 16.2. The number of aromatic amines is 1. The third-order valence-electron chi connectivity index (χ3n) is 3.67. The average molecular weight is 252 g/mol. The average Bonchev–Trinajstić information content (AvgIpc) is 2.30. The second-order valence-electron chi connectivity index (χ2n) is 5.05. The lowest BCUT2D eigenvalue weighted by Gasteiger charge is -2.29. The molecule has 0 aromatic carbocycles. The van der Waals surface area contributed by atoms with Gasteiger partial charge in [0.05, 0.1) is 0 Å². The molecular formula is C12H20N4O2. The lowest BCUT2D eigenvalue weighted by Crippen LogP contribution is -2.34. The fourth-order valence-electron chi connectivity index (χ4n) is 2.43. The van der Waals surface area contributed by atoms with Crippen molar-refractivity contribution in [3.63, 3.8) is 0 Å². The SMILES string of the molecule is CN1CCC(CCn2c(N)cc(=O)[nH]c2=O)CC1. The Bertz CT molecular complexity index is 512. The van der Waals surface area contributed by atoms with E-state index in [1.165, 1.54) is 10.6 Å². The van der Waals surface area contributed by atoms with Crippen LogP contribution in [0.4, 0.5) is 5.82 Å². The van der Waals surface area contributed by atoms with Crippen molar-refractivity contribution in [3.8, 4) is 0 Å². The number of rotatable bonds is 3. The Morgan fingerprint density at radius 2 is 2.06 bits per heavy atom. The van der Waals surface area contributed by atoms with Crippen molar-refractivity contribution < 1.29 is 0 Å². The van der Waals surface area contributed by atoms with Crippen LogP contribution in [0.2, 0.25) is 0 Å². The number of H-pyrrole nitrogens is 1. The first-order chi connectivity index (χ1) is 8.56. The van der Waals surface area contributed by atoms with Crippen LogP contribution in [0.3, 0.4) is 0 Å². The summed E-state index contributed by atoms with van der Waals surface area (Å²) in [6.45, 7) is 2.80. The molecular weight excluding hydrogens is 232 g/mol. The van der Waals surface area contributed by atoms with E-state index in [9.17, 15) is 9.59 Å². The van der Waals surface area contributed by atoms with Crippen molar-refractivity contribution in [2.75, 3.05) is 25.9 Å². The fraction of sp³-hybridized carbons (Fsp3) is 0.667. The van der Waals surface area contributed by atoms with E-state index in [0.717, 1.165) is 32.4 Å². The minimum absolute atomic E-state index is 0.247. The Kier molecular flexibility index (Phi) is 3.86. The number of likely N-dealkylation sites (tertiary alicyclic amines) is 1. The van der Waals surface area contributed by atoms with Crippen molar-refractivity contribution in [3.05, 3.63) is 26.9 Å². The van der Waals surface area contributed by atoms with Gasteiger partial charge in [-0.05, 0) is 45.3 Å². The van der Waals surface area contributed by atoms with Crippen LogP contribution in [0, 0.1) is 5.92 Å². The molecule has 2 rings (SSSR count). The van der Waals surface area contributed by atoms with Gasteiger partial charge in [-0.3, -0.25) is 14.3 Å². The van der Waals surface area contributed by atoms with E-state index in [4.69, 9.17) is 5.73 Å². The summed E-state index contributed by atoms with van der Waals surface area (Å²) in [5.41, 5.74) is 4.85. The fourth-order valence-corrected chi connectivity index (χ4v) is 2.43. The van der Waals surface area contributed by atoms with E-state index >= 15 is 0 Å². The van der Waals surface area contributed by atoms with E-state index in [-0.39, 0.29) is 5.82 Å². The monoisotopic (exact) mass is 252 g/mol. The summed E-state index contributed by atoms with van der Waals surface area (Å²) >= 11 is 0. The molecule has 0 radical (unpaired) electrons. The summed E-state index contributed by atoms with van der Waals surface area (Å²) in [5.74, 6) is 0.885. The molecule has 0 spiro atoms. The van der Waals surface area contributed by atoms with E-state index in [1.807, 2.05) is 0 Å². The van der Waals surface area contributed by atoms with Gasteiger partial charge in [0.2, 0.25) is 0 Å². The minimum Gasteiger partial charge on any atom is -0.385 e. The predicted octanol–water partition coefficient (Wildman–Crippen LogP) is -0.149. The highest BCUT2D eigenvalue weighted by Crippen LogP contribution is 2.20. The van der Waals surface area contributed by atoms with Crippen LogP contribution in [-0.2, 0) is 6.54 Å². The molecule has 0 aliphatic carbocycles. The molecule has 2 heterocycles. The van der Waals surface area contributed by atoms with Gasteiger partial charge in [0.25, 0.3) is 5.56 Å². The first-order valence-corrected chi connectivity index (χ1v) is 6.34. The van der Waals surface area contributed by atoms with Crippen LogP contribution in [0.1, 0.15) is 19.3 Å². The first kappa shape index (κ1) is 12.9. The van der Waals surface area contributed by atoms with Crippen LogP contribution in [-0.4, -0.2) is 34.6 Å². The van der Waals surface area contributed by atoms with Crippen molar-refractivity contribution >= 4 is 5.82 Å². The van der Waals surface area contributed by atoms with Gasteiger partial charge in [-0.1, -0.05) is 0 Å². The third-order valence-corrected chi connectivity index (χ3v) is 3.67. The smallest absolute Gasteiger partial charge is 0.329 e. The lowest BCUT2D eigenvalue weighted by atomic mass is 9.94. The molecule has 1 fully saturated rings. The molecule has 0 bridgehead atoms. The maximum Gasteiger partial charge on any atom is 0.329 e. The van der Waals surface area contributed by atoms with E-state index in [0.29, 0.717) is 12.5 Å². The van der Waals surface area contributed by atoms with Gasteiger partial charge in [0.15, 0.2) is 0 Å². The molecule has 6 heteroatoms. The number of nitrogen functional groups attached to an aromatic ring is 1. The molecule has 1 saturated heterocycles. The molecule has 3 N–H and O–H groups in total. The van der Waals surface area contributed by atoms with Crippen molar-refractivity contribution in [2.45, 2.75) is 25.8 Å². The number of aromatic nitrogens is 2. The maximum atomic E-state index is 11.6. The second kappa shape index (κ2) is 5.39. The Balaban J connectivity index is 1.98. The van der Waals surface area contributed by atoms with Gasteiger partial charge in [-0.15, -0.1) is 0 Å². The van der Waals surface area contributed by atoms with E-state index in [1.54, 1.807) is 0 Å². The number of nitrogens with zero attached hydrogens (tertiary/aromatic N) is 2. The molecule has 0 amide bonds. The first-order valence-electron chi connectivity index (χ1n) is 6.34. The number of piperidine rings is 1. The molecule has 100 valence electrons. The zero-order valence-corrected chi connectivity index (χ0v) is 10.7. The summed E-state index contributed by atoms with van der Waals surface area (Å²) in [6.07, 6.45) is 3.26. The standard InChI is InChI=1S/C12H20N4O2/c1-15-5-2-9(3-6-15)4-7-16-10(13)8-11(17)14-12(16)18/h8-9H,2-7,13H2,1H3,(H,14,17,18). The van der Waals surface area contributed by atoms with Gasteiger partial charge in [0, 0.05) is 12.6 Å². The Hall–Kier alpha value is -1.56. The number of nitrogens with one attached hydrogen (secondary N) is 1. The molecule has 0 unspecified atom stereocenters. The number of hydrogen-bond acceptors (Lipinski definition) is 4. The van der Waals surface area contributed by atoms with Gasteiger partial charge in [-0.25, -0.2) is 4.79 Å². The summed E-state index contributed by atoms with van der Waals surface area (Å²) in [4.78, 5) is 27.2. The van der Waals surface area contributed by atoms with Gasteiger partial charge < -0.3 is 10.6 Å². The summed E-state index contributed by atoms with van der Waals surface area (Å²) in [5, 5.41) is 0. The van der Waals surface area contributed by atoms with E-state index in [2.05, 4.69) is 16.9 Å². The molecule has 18 heavy (non-hydrogen) atoms. The normalized spacial score (nSPS) is 18.1. The zero-order valence-electron chi connectivity index (χ0n) is 10.7. The summed E-state index contributed by atoms with van der Waals surface area (Å²) < 4.78 is 1.44. The third kappa shape index (κ3) is 3.01. The highest BCUT2D eigenvalue weighted by molar-refractivity contribution is 5.25. The van der Waals surface area contributed by atoms with Gasteiger partial charge >= 0.3 is 5.69 Å². The molecule has 1 aliphatic heterocycles. The summed E-state index contributed by atoms with van der Waals surface area (Å²) in [6, 6.07) is 1.26. The van der Waals surface area contributed by atoms with Crippen LogP contribution < -0.4 is 17.0 Å². The number of anilines is 1. The van der Waals surface area contributed by atoms with Gasteiger partial charge in [0.1, 0.15) is 5.82 Å². The van der Waals surface area contributed by atoms with E-state index < -0.39 is 11.2 Å². The predicted molar refractivity (Wildman–Crippen MR) is 70.6 cm³/mol. The maximum absolute atomic E-state index is 11.6. The Labute approximate surface area is 105 Å². The molecule has 1 aliphatic rings.